The van der Waals surface area contributed by atoms with Gasteiger partial charge in [-0.1, -0.05) is 0 Å². The Morgan fingerprint density at radius 1 is 1.16 bits per heavy atom. The molecular formula is C14H25NO3S. The molecule has 1 N–H and O–H groups in total. The third kappa shape index (κ3) is 3.14. The van der Waals surface area contributed by atoms with E-state index < -0.39 is 10.0 Å². The van der Waals surface area contributed by atoms with Crippen molar-refractivity contribution in [2.45, 2.75) is 57.2 Å². The van der Waals surface area contributed by atoms with E-state index in [1.807, 2.05) is 6.92 Å². The largest absolute Gasteiger partial charge is 0.371 e. The average molecular weight is 287 g/mol. The molecule has 19 heavy (non-hydrogen) atoms. The van der Waals surface area contributed by atoms with Crippen LogP contribution in [0.4, 0.5) is 0 Å². The second-order valence-electron chi connectivity index (χ2n) is 7.15. The van der Waals surface area contributed by atoms with Crippen LogP contribution in [0.5, 0.6) is 0 Å². The molecule has 1 unspecified atom stereocenters. The molecule has 110 valence electrons. The molecule has 4 aliphatic rings. The summed E-state index contributed by atoms with van der Waals surface area (Å²) < 4.78 is 31.1. The van der Waals surface area contributed by atoms with Gasteiger partial charge >= 0.3 is 0 Å². The third-order valence-corrected chi connectivity index (χ3v) is 5.76. The quantitative estimate of drug-likeness (QED) is 0.840. The van der Waals surface area contributed by atoms with E-state index in [1.165, 1.54) is 44.8 Å². The molecule has 4 bridgehead atoms. The van der Waals surface area contributed by atoms with Crippen molar-refractivity contribution < 1.29 is 13.2 Å². The lowest BCUT2D eigenvalue weighted by Crippen LogP contribution is -2.53. The molecule has 0 amide bonds. The molecule has 4 nitrogen and oxygen atoms in total. The van der Waals surface area contributed by atoms with Gasteiger partial charge < -0.3 is 4.74 Å². The van der Waals surface area contributed by atoms with Crippen LogP contribution in [0, 0.1) is 17.8 Å². The van der Waals surface area contributed by atoms with E-state index in [-0.39, 0.29) is 11.7 Å². The highest BCUT2D eigenvalue weighted by molar-refractivity contribution is 7.88. The first kappa shape index (κ1) is 13.8. The van der Waals surface area contributed by atoms with Crippen LogP contribution in [0.15, 0.2) is 0 Å². The molecule has 0 aliphatic heterocycles. The van der Waals surface area contributed by atoms with E-state index in [0.717, 1.165) is 17.8 Å². The minimum atomic E-state index is -3.12. The van der Waals surface area contributed by atoms with Gasteiger partial charge in [-0.3, -0.25) is 0 Å². The molecule has 4 rings (SSSR count). The number of sulfonamides is 1. The van der Waals surface area contributed by atoms with Crippen molar-refractivity contribution in [2.75, 3.05) is 12.8 Å². The Hall–Kier alpha value is -0.130. The van der Waals surface area contributed by atoms with Crippen molar-refractivity contribution in [3.05, 3.63) is 0 Å². The highest BCUT2D eigenvalue weighted by Gasteiger charge is 2.52. The Balaban J connectivity index is 1.60. The summed E-state index contributed by atoms with van der Waals surface area (Å²) in [7, 11) is -3.12. The normalized spacial score (nSPS) is 42.5. The number of hydrogen-bond acceptors (Lipinski definition) is 3. The molecule has 0 radical (unpaired) electrons. The van der Waals surface area contributed by atoms with Crippen molar-refractivity contribution in [3.63, 3.8) is 0 Å². The number of rotatable bonds is 5. The van der Waals surface area contributed by atoms with Gasteiger partial charge in [-0.15, -0.1) is 0 Å². The van der Waals surface area contributed by atoms with Gasteiger partial charge in [-0.2, -0.15) is 0 Å². The molecule has 4 saturated carbocycles. The van der Waals surface area contributed by atoms with Crippen molar-refractivity contribution in [3.8, 4) is 0 Å². The molecule has 5 heteroatoms. The lowest BCUT2D eigenvalue weighted by atomic mass is 9.54. The summed E-state index contributed by atoms with van der Waals surface area (Å²) in [5.41, 5.74) is 0.0628. The lowest BCUT2D eigenvalue weighted by molar-refractivity contribution is -0.182. The van der Waals surface area contributed by atoms with Crippen LogP contribution in [0.3, 0.4) is 0 Å². The predicted octanol–water partition coefficient (Wildman–Crippen LogP) is 1.91. The van der Waals surface area contributed by atoms with Crippen LogP contribution in [-0.4, -0.2) is 32.9 Å². The average Bonchev–Trinajstić information content (AvgIpc) is 2.22. The Morgan fingerprint density at radius 2 is 1.63 bits per heavy atom. The van der Waals surface area contributed by atoms with Crippen LogP contribution >= 0.6 is 0 Å². The Kier molecular flexibility index (Phi) is 3.43. The first-order valence-electron chi connectivity index (χ1n) is 7.46. The Morgan fingerprint density at radius 3 is 2.05 bits per heavy atom. The fraction of sp³-hybridized carbons (Fsp3) is 1.00. The van der Waals surface area contributed by atoms with E-state index in [4.69, 9.17) is 4.74 Å². The maximum absolute atomic E-state index is 11.1. The molecule has 0 aromatic carbocycles. The molecule has 0 aromatic heterocycles. The lowest BCUT2D eigenvalue weighted by Gasteiger charge is -2.57. The fourth-order valence-corrected chi connectivity index (χ4v) is 5.45. The van der Waals surface area contributed by atoms with Crippen LogP contribution in [0.25, 0.3) is 0 Å². The van der Waals surface area contributed by atoms with E-state index in [0.29, 0.717) is 6.54 Å². The van der Waals surface area contributed by atoms with Gasteiger partial charge in [-0.25, -0.2) is 13.1 Å². The first-order valence-corrected chi connectivity index (χ1v) is 9.35. The van der Waals surface area contributed by atoms with E-state index in [9.17, 15) is 8.42 Å². The summed E-state index contributed by atoms with van der Waals surface area (Å²) in [4.78, 5) is 0. The second-order valence-corrected chi connectivity index (χ2v) is 8.98. The zero-order chi connectivity index (χ0) is 13.7. The predicted molar refractivity (Wildman–Crippen MR) is 74.3 cm³/mol. The van der Waals surface area contributed by atoms with E-state index >= 15 is 0 Å². The van der Waals surface area contributed by atoms with Gasteiger partial charge in [0.1, 0.15) is 0 Å². The third-order valence-electron chi connectivity index (χ3n) is 5.07. The maximum atomic E-state index is 11.1. The van der Waals surface area contributed by atoms with Crippen molar-refractivity contribution in [1.82, 2.24) is 4.72 Å². The molecule has 0 saturated heterocycles. The van der Waals surface area contributed by atoms with Gasteiger partial charge in [0.05, 0.1) is 18.0 Å². The van der Waals surface area contributed by atoms with Crippen molar-refractivity contribution in [2.24, 2.45) is 17.8 Å². The topological polar surface area (TPSA) is 55.4 Å². The smallest absolute Gasteiger partial charge is 0.208 e. The van der Waals surface area contributed by atoms with E-state index in [1.54, 1.807) is 0 Å². The Bertz CT molecular complexity index is 410. The number of hydrogen-bond donors (Lipinski definition) is 1. The van der Waals surface area contributed by atoms with Gasteiger partial charge in [0.15, 0.2) is 0 Å². The highest BCUT2D eigenvalue weighted by atomic mass is 32.2. The Labute approximate surface area is 116 Å². The minimum absolute atomic E-state index is 0.0361. The standard InChI is InChI=1S/C14H25NO3S/c1-10(9-15-19(2,16)17)18-14-6-11-3-12(7-14)5-13(4-11)8-14/h10-13,15H,3-9H2,1-2H3. The summed E-state index contributed by atoms with van der Waals surface area (Å²) in [6, 6.07) is 0. The first-order chi connectivity index (χ1) is 8.84. The number of ether oxygens (including phenoxy) is 1. The molecule has 0 aromatic rings. The minimum Gasteiger partial charge on any atom is -0.371 e. The molecular weight excluding hydrogens is 262 g/mol. The summed E-state index contributed by atoms with van der Waals surface area (Å²) in [6.07, 6.45) is 8.96. The van der Waals surface area contributed by atoms with Gasteiger partial charge in [0.2, 0.25) is 10.0 Å². The zero-order valence-electron chi connectivity index (χ0n) is 11.9. The van der Waals surface area contributed by atoms with Gasteiger partial charge in [0, 0.05) is 6.54 Å². The summed E-state index contributed by atoms with van der Waals surface area (Å²) >= 11 is 0. The number of nitrogens with one attached hydrogen (secondary N) is 1. The second kappa shape index (κ2) is 4.71. The molecule has 0 spiro atoms. The summed E-state index contributed by atoms with van der Waals surface area (Å²) in [5, 5.41) is 0. The van der Waals surface area contributed by atoms with Crippen LogP contribution in [-0.2, 0) is 14.8 Å². The van der Waals surface area contributed by atoms with Crippen LogP contribution < -0.4 is 4.72 Å². The molecule has 1 atom stereocenters. The zero-order valence-corrected chi connectivity index (χ0v) is 12.7. The highest BCUT2D eigenvalue weighted by Crippen LogP contribution is 2.57. The van der Waals surface area contributed by atoms with Crippen LogP contribution in [0.2, 0.25) is 0 Å². The summed E-state index contributed by atoms with van der Waals surface area (Å²) in [6.45, 7) is 2.37. The monoisotopic (exact) mass is 287 g/mol. The molecule has 0 heterocycles. The van der Waals surface area contributed by atoms with Gasteiger partial charge in [0.25, 0.3) is 0 Å². The van der Waals surface area contributed by atoms with Crippen molar-refractivity contribution in [1.29, 1.82) is 0 Å². The van der Waals surface area contributed by atoms with Gasteiger partial charge in [-0.05, 0) is 63.2 Å². The maximum Gasteiger partial charge on any atom is 0.208 e. The van der Waals surface area contributed by atoms with Crippen molar-refractivity contribution >= 4 is 10.0 Å². The molecule has 4 aliphatic carbocycles. The van der Waals surface area contributed by atoms with E-state index in [2.05, 4.69) is 4.72 Å². The molecule has 4 fully saturated rings. The van der Waals surface area contributed by atoms with Crippen LogP contribution in [0.1, 0.15) is 45.4 Å². The SMILES string of the molecule is CC(CNS(C)(=O)=O)OC12CC3CC(CC(C3)C1)C2. The fourth-order valence-electron chi connectivity index (χ4n) is 4.91. The summed E-state index contributed by atoms with van der Waals surface area (Å²) in [5.74, 6) is 2.59.